The Hall–Kier alpha value is -0.430. The molecule has 1 aliphatic carbocycles. The van der Waals surface area contributed by atoms with Crippen LogP contribution in [0, 0.1) is 0 Å². The van der Waals surface area contributed by atoms with Crippen molar-refractivity contribution in [3.63, 3.8) is 0 Å². The topological polar surface area (TPSA) is 64.9 Å². The molecule has 0 bridgehead atoms. The maximum absolute atomic E-state index is 6.16. The predicted molar refractivity (Wildman–Crippen MR) is 80.7 cm³/mol. The van der Waals surface area contributed by atoms with E-state index in [2.05, 4.69) is 37.5 Å². The fraction of sp³-hybridized carbons (Fsp3) is 0.500. The number of aromatic nitrogens is 2. The van der Waals surface area contributed by atoms with Crippen molar-refractivity contribution < 1.29 is 4.52 Å². The van der Waals surface area contributed by atoms with E-state index in [-0.39, 0.29) is 17.9 Å². The van der Waals surface area contributed by atoms with Crippen LogP contribution < -0.4 is 5.73 Å². The highest BCUT2D eigenvalue weighted by molar-refractivity contribution is 9.10. The molecule has 0 aromatic carbocycles. The molecule has 19 heavy (non-hydrogen) atoms. The molecule has 0 aliphatic heterocycles. The van der Waals surface area contributed by atoms with E-state index in [4.69, 9.17) is 10.3 Å². The molecule has 0 amide bonds. The van der Waals surface area contributed by atoms with Crippen LogP contribution in [0.5, 0.6) is 0 Å². The highest BCUT2D eigenvalue weighted by atomic mass is 79.9. The molecule has 7 heteroatoms. The van der Waals surface area contributed by atoms with Crippen LogP contribution in [0.4, 0.5) is 0 Å². The number of nitrogens with two attached hydrogens (primary N) is 1. The molecule has 2 aromatic rings. The number of nitrogens with zero attached hydrogens (tertiary/aromatic N) is 2. The Kier molecular flexibility index (Phi) is 4.66. The summed E-state index contributed by atoms with van der Waals surface area (Å²) in [4.78, 5) is 5.73. The monoisotopic (exact) mass is 363 g/mol. The van der Waals surface area contributed by atoms with Gasteiger partial charge in [-0.2, -0.15) is 4.98 Å². The second-order valence-corrected chi connectivity index (χ2v) is 6.66. The summed E-state index contributed by atoms with van der Waals surface area (Å²) in [6.45, 7) is 0. The normalized spacial score (nSPS) is 16.7. The number of thiophene rings is 1. The van der Waals surface area contributed by atoms with Gasteiger partial charge in [0.25, 0.3) is 0 Å². The summed E-state index contributed by atoms with van der Waals surface area (Å²) in [5.74, 6) is 1.36. The Morgan fingerprint density at radius 2 is 2.21 bits per heavy atom. The van der Waals surface area contributed by atoms with Gasteiger partial charge < -0.3 is 10.3 Å². The molecular formula is C12H15BrClN3OS. The van der Waals surface area contributed by atoms with Gasteiger partial charge >= 0.3 is 0 Å². The number of hydrogen-bond acceptors (Lipinski definition) is 5. The average molecular weight is 365 g/mol. The van der Waals surface area contributed by atoms with Crippen LogP contribution in [0.15, 0.2) is 20.4 Å². The molecule has 1 saturated carbocycles. The first-order valence-corrected chi connectivity index (χ1v) is 7.68. The summed E-state index contributed by atoms with van der Waals surface area (Å²) in [6, 6.07) is 2.12. The molecular weight excluding hydrogens is 350 g/mol. The van der Waals surface area contributed by atoms with Crippen LogP contribution in [0.25, 0.3) is 0 Å². The molecule has 0 atom stereocenters. The number of hydrogen-bond donors (Lipinski definition) is 1. The standard InChI is InChI=1S/C12H14BrN3OS.ClH/c13-8-6-9(18-7-8)2-3-10-15-11(16-17-10)12(14)4-1-5-12;/h6-7H,1-5,14H2;1H. The first-order valence-electron chi connectivity index (χ1n) is 6.01. The Morgan fingerprint density at radius 3 is 2.79 bits per heavy atom. The van der Waals surface area contributed by atoms with Gasteiger partial charge in [0.1, 0.15) is 0 Å². The van der Waals surface area contributed by atoms with Gasteiger partial charge in [0, 0.05) is 21.2 Å². The Balaban J connectivity index is 0.00000133. The lowest BCUT2D eigenvalue weighted by molar-refractivity contribution is 0.229. The van der Waals surface area contributed by atoms with E-state index in [0.717, 1.165) is 36.6 Å². The summed E-state index contributed by atoms with van der Waals surface area (Å²) in [7, 11) is 0. The second-order valence-electron chi connectivity index (χ2n) is 4.75. The first-order chi connectivity index (χ1) is 8.66. The largest absolute Gasteiger partial charge is 0.339 e. The molecule has 2 heterocycles. The smallest absolute Gasteiger partial charge is 0.227 e. The van der Waals surface area contributed by atoms with Crippen molar-refractivity contribution in [2.24, 2.45) is 5.73 Å². The van der Waals surface area contributed by atoms with E-state index >= 15 is 0 Å². The van der Waals surface area contributed by atoms with Gasteiger partial charge in [-0.15, -0.1) is 23.7 Å². The van der Waals surface area contributed by atoms with Crippen molar-refractivity contribution >= 4 is 39.7 Å². The first kappa shape index (κ1) is 15.0. The molecule has 1 aliphatic rings. The van der Waals surface area contributed by atoms with Crippen molar-refractivity contribution in [2.75, 3.05) is 0 Å². The van der Waals surface area contributed by atoms with Gasteiger partial charge in [-0.05, 0) is 47.7 Å². The van der Waals surface area contributed by atoms with E-state index in [1.165, 1.54) is 4.88 Å². The van der Waals surface area contributed by atoms with Crippen molar-refractivity contribution in [2.45, 2.75) is 37.6 Å². The number of rotatable bonds is 4. The van der Waals surface area contributed by atoms with E-state index in [9.17, 15) is 0 Å². The quantitative estimate of drug-likeness (QED) is 0.902. The van der Waals surface area contributed by atoms with Gasteiger partial charge in [0.05, 0.1) is 5.54 Å². The zero-order valence-electron chi connectivity index (χ0n) is 10.3. The molecule has 0 unspecified atom stereocenters. The molecule has 2 aromatic heterocycles. The zero-order chi connectivity index (χ0) is 12.6. The molecule has 2 N–H and O–H groups in total. The minimum atomic E-state index is -0.326. The summed E-state index contributed by atoms with van der Waals surface area (Å²) in [5, 5.41) is 6.09. The van der Waals surface area contributed by atoms with Crippen molar-refractivity contribution in [1.82, 2.24) is 10.1 Å². The Morgan fingerprint density at radius 1 is 1.42 bits per heavy atom. The zero-order valence-corrected chi connectivity index (χ0v) is 13.5. The molecule has 1 fully saturated rings. The minimum absolute atomic E-state index is 0. The molecule has 0 spiro atoms. The Labute approximate surface area is 130 Å². The van der Waals surface area contributed by atoms with Crippen LogP contribution in [-0.2, 0) is 18.4 Å². The highest BCUT2D eigenvalue weighted by Crippen LogP contribution is 2.36. The average Bonchev–Trinajstić information content (AvgIpc) is 2.92. The maximum atomic E-state index is 6.16. The lowest BCUT2D eigenvalue weighted by Crippen LogP contribution is -2.44. The summed E-state index contributed by atoms with van der Waals surface area (Å²) < 4.78 is 6.40. The van der Waals surface area contributed by atoms with E-state index < -0.39 is 0 Å². The van der Waals surface area contributed by atoms with Crippen LogP contribution in [0.3, 0.4) is 0 Å². The van der Waals surface area contributed by atoms with Gasteiger partial charge in [-0.1, -0.05) is 5.16 Å². The molecule has 0 saturated heterocycles. The van der Waals surface area contributed by atoms with E-state index in [1.807, 2.05) is 0 Å². The lowest BCUT2D eigenvalue weighted by Gasteiger charge is -2.34. The van der Waals surface area contributed by atoms with Crippen LogP contribution in [0.1, 0.15) is 35.9 Å². The van der Waals surface area contributed by atoms with Gasteiger partial charge in [-0.3, -0.25) is 0 Å². The van der Waals surface area contributed by atoms with Crippen molar-refractivity contribution in [3.8, 4) is 0 Å². The summed E-state index contributed by atoms with van der Waals surface area (Å²) >= 11 is 5.18. The van der Waals surface area contributed by atoms with Crippen LogP contribution in [0.2, 0.25) is 0 Å². The van der Waals surface area contributed by atoms with E-state index in [0.29, 0.717) is 11.7 Å². The third kappa shape index (κ3) is 3.18. The lowest BCUT2D eigenvalue weighted by atomic mass is 9.77. The summed E-state index contributed by atoms with van der Waals surface area (Å²) in [5.41, 5.74) is 5.83. The van der Waals surface area contributed by atoms with Crippen molar-refractivity contribution in [3.05, 3.63) is 32.5 Å². The molecule has 104 valence electrons. The molecule has 4 nitrogen and oxygen atoms in total. The second kappa shape index (κ2) is 5.91. The molecule has 3 rings (SSSR count). The fourth-order valence-electron chi connectivity index (χ4n) is 2.05. The third-order valence-corrected chi connectivity index (χ3v) is 5.12. The number of halogens is 2. The fourth-order valence-corrected chi connectivity index (χ4v) is 3.51. The van der Waals surface area contributed by atoms with Crippen LogP contribution >= 0.6 is 39.7 Å². The Bertz CT molecular complexity index is 553. The third-order valence-electron chi connectivity index (χ3n) is 3.37. The van der Waals surface area contributed by atoms with Gasteiger partial charge in [-0.25, -0.2) is 0 Å². The maximum Gasteiger partial charge on any atom is 0.227 e. The van der Waals surface area contributed by atoms with Gasteiger partial charge in [0.15, 0.2) is 5.82 Å². The SMILES string of the molecule is Cl.NC1(c2noc(CCc3cc(Br)cs3)n2)CCC1. The van der Waals surface area contributed by atoms with Crippen molar-refractivity contribution in [1.29, 1.82) is 0 Å². The molecule has 0 radical (unpaired) electrons. The minimum Gasteiger partial charge on any atom is -0.339 e. The van der Waals surface area contributed by atoms with Gasteiger partial charge in [0.2, 0.25) is 5.89 Å². The van der Waals surface area contributed by atoms with E-state index in [1.54, 1.807) is 11.3 Å². The predicted octanol–water partition coefficient (Wildman–Crippen LogP) is 3.44. The number of aryl methyl sites for hydroxylation is 2. The summed E-state index contributed by atoms with van der Waals surface area (Å²) in [6.07, 6.45) is 4.78. The van der Waals surface area contributed by atoms with Crippen LogP contribution in [-0.4, -0.2) is 10.1 Å². The highest BCUT2D eigenvalue weighted by Gasteiger charge is 2.38.